The van der Waals surface area contributed by atoms with Crippen LogP contribution in [0.25, 0.3) is 0 Å². The van der Waals surface area contributed by atoms with E-state index in [4.69, 9.17) is 4.74 Å². The van der Waals surface area contributed by atoms with Crippen molar-refractivity contribution in [2.24, 2.45) is 0 Å². The number of hydrogen-bond acceptors (Lipinski definition) is 3. The van der Waals surface area contributed by atoms with Gasteiger partial charge in [0.05, 0.1) is 13.7 Å². The first-order chi connectivity index (χ1) is 11.6. The summed E-state index contributed by atoms with van der Waals surface area (Å²) in [5.41, 5.74) is 3.61. The van der Waals surface area contributed by atoms with Gasteiger partial charge in [-0.25, -0.2) is 0 Å². The Labute approximate surface area is 144 Å². The molecule has 0 radical (unpaired) electrons. The van der Waals surface area contributed by atoms with Crippen molar-refractivity contribution < 1.29 is 9.53 Å². The number of likely N-dealkylation sites (N-methyl/N-ethyl adjacent to an activating group) is 1. The van der Waals surface area contributed by atoms with Gasteiger partial charge in [0.2, 0.25) is 5.91 Å². The molecule has 2 aromatic carbocycles. The van der Waals surface area contributed by atoms with Crippen molar-refractivity contribution in [1.29, 1.82) is 0 Å². The normalized spacial score (nSPS) is 10.7. The van der Waals surface area contributed by atoms with Crippen LogP contribution >= 0.6 is 0 Å². The third-order valence-electron chi connectivity index (χ3n) is 3.95. The van der Waals surface area contributed by atoms with Gasteiger partial charge >= 0.3 is 0 Å². The molecule has 0 bridgehead atoms. The average Bonchev–Trinajstić information content (AvgIpc) is 2.61. The van der Waals surface area contributed by atoms with E-state index in [0.717, 1.165) is 24.3 Å². The van der Waals surface area contributed by atoms with Gasteiger partial charge in [-0.1, -0.05) is 43.3 Å². The summed E-state index contributed by atoms with van der Waals surface area (Å²) >= 11 is 0. The molecule has 4 heteroatoms. The molecular formula is C20H26N2O2. The van der Waals surface area contributed by atoms with E-state index in [9.17, 15) is 4.79 Å². The largest absolute Gasteiger partial charge is 0.497 e. The molecule has 0 aliphatic heterocycles. The first-order valence-electron chi connectivity index (χ1n) is 8.26. The molecule has 0 heterocycles. The second kappa shape index (κ2) is 9.08. The van der Waals surface area contributed by atoms with Crippen LogP contribution in [-0.4, -0.2) is 31.5 Å². The van der Waals surface area contributed by atoms with Gasteiger partial charge in [0, 0.05) is 13.1 Å². The SMILES string of the molecule is CCc1ccc(CN(C)CC(=O)NCc2ccc(OC)cc2)cc1. The molecule has 0 aromatic heterocycles. The molecule has 128 valence electrons. The lowest BCUT2D eigenvalue weighted by Crippen LogP contribution is -2.34. The second-order valence-electron chi connectivity index (χ2n) is 5.97. The molecule has 0 aliphatic rings. The van der Waals surface area contributed by atoms with Gasteiger partial charge in [-0.05, 0) is 42.3 Å². The number of carbonyl (C=O) groups excluding carboxylic acids is 1. The van der Waals surface area contributed by atoms with Crippen molar-refractivity contribution >= 4 is 5.91 Å². The molecule has 1 amide bonds. The highest BCUT2D eigenvalue weighted by molar-refractivity contribution is 5.77. The summed E-state index contributed by atoms with van der Waals surface area (Å²) in [5.74, 6) is 0.845. The molecule has 0 saturated carbocycles. The highest BCUT2D eigenvalue weighted by atomic mass is 16.5. The van der Waals surface area contributed by atoms with Gasteiger partial charge in [0.1, 0.15) is 5.75 Å². The number of aryl methyl sites for hydroxylation is 1. The van der Waals surface area contributed by atoms with Gasteiger partial charge in [0.15, 0.2) is 0 Å². The Morgan fingerprint density at radius 3 is 2.17 bits per heavy atom. The van der Waals surface area contributed by atoms with E-state index in [1.165, 1.54) is 11.1 Å². The van der Waals surface area contributed by atoms with Crippen LogP contribution in [-0.2, 0) is 24.3 Å². The van der Waals surface area contributed by atoms with Crippen LogP contribution in [0.4, 0.5) is 0 Å². The summed E-state index contributed by atoms with van der Waals surface area (Å²) in [7, 11) is 3.60. The molecule has 4 nitrogen and oxygen atoms in total. The summed E-state index contributed by atoms with van der Waals surface area (Å²) in [5, 5.41) is 2.95. The Kier molecular flexibility index (Phi) is 6.82. The lowest BCUT2D eigenvalue weighted by atomic mass is 10.1. The van der Waals surface area contributed by atoms with Gasteiger partial charge in [0.25, 0.3) is 0 Å². The number of hydrogen-bond donors (Lipinski definition) is 1. The molecule has 24 heavy (non-hydrogen) atoms. The third kappa shape index (κ3) is 5.70. The third-order valence-corrected chi connectivity index (χ3v) is 3.95. The van der Waals surface area contributed by atoms with Gasteiger partial charge in [-0.15, -0.1) is 0 Å². The fourth-order valence-corrected chi connectivity index (χ4v) is 2.49. The number of nitrogens with zero attached hydrogens (tertiary/aromatic N) is 1. The summed E-state index contributed by atoms with van der Waals surface area (Å²) in [6.45, 7) is 3.82. The maximum Gasteiger partial charge on any atom is 0.234 e. The number of rotatable bonds is 8. The smallest absolute Gasteiger partial charge is 0.234 e. The molecule has 1 N–H and O–H groups in total. The number of amides is 1. The minimum absolute atomic E-state index is 0.0264. The Balaban J connectivity index is 1.75. The zero-order valence-corrected chi connectivity index (χ0v) is 14.7. The van der Waals surface area contributed by atoms with Crippen molar-refractivity contribution in [2.45, 2.75) is 26.4 Å². The molecule has 0 aliphatic carbocycles. The zero-order chi connectivity index (χ0) is 17.4. The van der Waals surface area contributed by atoms with E-state index >= 15 is 0 Å². The fraction of sp³-hybridized carbons (Fsp3) is 0.350. The van der Waals surface area contributed by atoms with Crippen LogP contribution in [0.1, 0.15) is 23.6 Å². The predicted octanol–water partition coefficient (Wildman–Crippen LogP) is 3.01. The van der Waals surface area contributed by atoms with Crippen molar-refractivity contribution in [3.8, 4) is 5.75 Å². The van der Waals surface area contributed by atoms with Crippen molar-refractivity contribution in [3.63, 3.8) is 0 Å². The van der Waals surface area contributed by atoms with Gasteiger partial charge in [-0.2, -0.15) is 0 Å². The molecule has 0 fully saturated rings. The number of ether oxygens (including phenoxy) is 1. The van der Waals surface area contributed by atoms with Crippen LogP contribution in [0.5, 0.6) is 5.75 Å². The van der Waals surface area contributed by atoms with E-state index in [0.29, 0.717) is 13.1 Å². The molecule has 0 atom stereocenters. The Hall–Kier alpha value is -2.33. The number of benzene rings is 2. The van der Waals surface area contributed by atoms with Crippen LogP contribution in [0.2, 0.25) is 0 Å². The Morgan fingerprint density at radius 1 is 1.00 bits per heavy atom. The molecular weight excluding hydrogens is 300 g/mol. The quantitative estimate of drug-likeness (QED) is 0.811. The van der Waals surface area contributed by atoms with E-state index < -0.39 is 0 Å². The maximum absolute atomic E-state index is 12.1. The summed E-state index contributed by atoms with van der Waals surface area (Å²) < 4.78 is 5.12. The standard InChI is InChI=1S/C20H26N2O2/c1-4-16-5-7-18(8-6-16)14-22(2)15-20(23)21-13-17-9-11-19(24-3)12-10-17/h5-12H,4,13-15H2,1-3H3,(H,21,23). The first kappa shape index (κ1) is 18.0. The number of nitrogens with one attached hydrogen (secondary N) is 1. The summed E-state index contributed by atoms with van der Waals surface area (Å²) in [6, 6.07) is 16.3. The Bertz CT molecular complexity index is 636. The zero-order valence-electron chi connectivity index (χ0n) is 14.7. The molecule has 0 spiro atoms. The molecule has 0 unspecified atom stereocenters. The van der Waals surface area contributed by atoms with E-state index in [1.807, 2.05) is 36.2 Å². The lowest BCUT2D eigenvalue weighted by molar-refractivity contribution is -0.122. The highest BCUT2D eigenvalue weighted by Crippen LogP contribution is 2.11. The molecule has 2 aromatic rings. The summed E-state index contributed by atoms with van der Waals surface area (Å²) in [6.07, 6.45) is 1.05. The van der Waals surface area contributed by atoms with E-state index in [-0.39, 0.29) is 5.91 Å². The summed E-state index contributed by atoms with van der Waals surface area (Å²) in [4.78, 5) is 14.1. The predicted molar refractivity (Wildman–Crippen MR) is 97.0 cm³/mol. The monoisotopic (exact) mass is 326 g/mol. The Morgan fingerprint density at radius 2 is 1.58 bits per heavy atom. The maximum atomic E-state index is 12.1. The van der Waals surface area contributed by atoms with Crippen molar-refractivity contribution in [2.75, 3.05) is 20.7 Å². The lowest BCUT2D eigenvalue weighted by Gasteiger charge is -2.16. The minimum atomic E-state index is 0.0264. The van der Waals surface area contributed by atoms with Gasteiger partial charge < -0.3 is 10.1 Å². The van der Waals surface area contributed by atoms with E-state index in [2.05, 4.69) is 36.5 Å². The molecule has 0 saturated heterocycles. The number of methoxy groups -OCH3 is 1. The minimum Gasteiger partial charge on any atom is -0.497 e. The van der Waals surface area contributed by atoms with E-state index in [1.54, 1.807) is 7.11 Å². The van der Waals surface area contributed by atoms with Crippen molar-refractivity contribution in [3.05, 3.63) is 65.2 Å². The van der Waals surface area contributed by atoms with Crippen LogP contribution < -0.4 is 10.1 Å². The average molecular weight is 326 g/mol. The van der Waals surface area contributed by atoms with Gasteiger partial charge in [-0.3, -0.25) is 9.69 Å². The molecule has 2 rings (SSSR count). The topological polar surface area (TPSA) is 41.6 Å². The fourth-order valence-electron chi connectivity index (χ4n) is 2.49. The highest BCUT2D eigenvalue weighted by Gasteiger charge is 2.07. The first-order valence-corrected chi connectivity index (χ1v) is 8.26. The second-order valence-corrected chi connectivity index (χ2v) is 5.97. The van der Waals surface area contributed by atoms with Crippen LogP contribution in [0, 0.1) is 0 Å². The van der Waals surface area contributed by atoms with Crippen LogP contribution in [0.15, 0.2) is 48.5 Å². The van der Waals surface area contributed by atoms with Crippen LogP contribution in [0.3, 0.4) is 0 Å². The number of carbonyl (C=O) groups is 1. The van der Waals surface area contributed by atoms with Crippen molar-refractivity contribution in [1.82, 2.24) is 10.2 Å².